The zero-order chi connectivity index (χ0) is 16.1. The van der Waals surface area contributed by atoms with Crippen molar-refractivity contribution in [1.82, 2.24) is 5.32 Å². The summed E-state index contributed by atoms with van der Waals surface area (Å²) in [5, 5.41) is 13.7. The van der Waals surface area contributed by atoms with Crippen LogP contribution in [-0.4, -0.2) is 11.0 Å². The lowest BCUT2D eigenvalue weighted by atomic mass is 10.1. The maximum Gasteiger partial charge on any atom is 0.413 e. The molecule has 1 atom stereocenters. The number of non-ortho nitro benzene ring substituents is 1. The third-order valence-corrected chi connectivity index (χ3v) is 3.31. The van der Waals surface area contributed by atoms with Crippen molar-refractivity contribution in [2.75, 3.05) is 0 Å². The zero-order valence-corrected chi connectivity index (χ0v) is 12.4. The van der Waals surface area contributed by atoms with E-state index in [1.807, 2.05) is 6.07 Å². The molecule has 0 bridgehead atoms. The fourth-order valence-corrected chi connectivity index (χ4v) is 2.15. The average Bonchev–Trinajstić information content (AvgIpc) is 2.48. The van der Waals surface area contributed by atoms with Gasteiger partial charge < -0.3 is 10.1 Å². The number of amides is 1. The van der Waals surface area contributed by atoms with Crippen molar-refractivity contribution in [3.8, 4) is 5.75 Å². The number of ether oxygens (including phenoxy) is 1. The highest BCUT2D eigenvalue weighted by atomic mass is 35.5. The molecule has 2 aromatic rings. The number of nitro groups is 1. The number of hydrogen-bond donors (Lipinski definition) is 1. The van der Waals surface area contributed by atoms with Crippen LogP contribution >= 0.6 is 11.6 Å². The molecule has 0 heterocycles. The van der Waals surface area contributed by atoms with Crippen LogP contribution < -0.4 is 10.1 Å². The molecule has 0 fully saturated rings. The second-order valence-electron chi connectivity index (χ2n) is 4.53. The average molecular weight is 321 g/mol. The van der Waals surface area contributed by atoms with Crippen LogP contribution in [0.4, 0.5) is 10.5 Å². The van der Waals surface area contributed by atoms with Gasteiger partial charge in [-0.25, -0.2) is 4.79 Å². The van der Waals surface area contributed by atoms with Crippen LogP contribution in [0.25, 0.3) is 0 Å². The number of nitrogens with one attached hydrogen (secondary N) is 1. The molecule has 0 radical (unpaired) electrons. The summed E-state index contributed by atoms with van der Waals surface area (Å²) in [6.45, 7) is 1.78. The standard InChI is InChI=1S/C15H13ClN2O4/c1-10(13-4-2-3-5-14(13)16)17-15(19)22-12-8-6-11(7-9-12)18(20)21/h2-10H,1H3,(H,17,19)/t10-/m1/s1. The van der Waals surface area contributed by atoms with Gasteiger partial charge in [0.2, 0.25) is 0 Å². The van der Waals surface area contributed by atoms with Crippen molar-refractivity contribution in [2.24, 2.45) is 0 Å². The van der Waals surface area contributed by atoms with E-state index in [0.717, 1.165) is 5.56 Å². The second-order valence-corrected chi connectivity index (χ2v) is 4.94. The van der Waals surface area contributed by atoms with E-state index in [2.05, 4.69) is 5.32 Å². The van der Waals surface area contributed by atoms with Gasteiger partial charge in [0.1, 0.15) is 5.75 Å². The summed E-state index contributed by atoms with van der Waals surface area (Å²) < 4.78 is 5.07. The van der Waals surface area contributed by atoms with Crippen molar-refractivity contribution in [1.29, 1.82) is 0 Å². The molecule has 1 N–H and O–H groups in total. The summed E-state index contributed by atoms with van der Waals surface area (Å²) in [5.41, 5.74) is 0.696. The summed E-state index contributed by atoms with van der Waals surface area (Å²) in [5.74, 6) is 0.217. The van der Waals surface area contributed by atoms with Gasteiger partial charge >= 0.3 is 6.09 Å². The molecule has 2 rings (SSSR count). The number of halogens is 1. The molecular formula is C15H13ClN2O4. The minimum absolute atomic E-state index is 0.0720. The van der Waals surface area contributed by atoms with Crippen molar-refractivity contribution in [2.45, 2.75) is 13.0 Å². The first-order chi connectivity index (χ1) is 10.5. The van der Waals surface area contributed by atoms with E-state index in [0.29, 0.717) is 5.02 Å². The van der Waals surface area contributed by atoms with Gasteiger partial charge in [-0.2, -0.15) is 0 Å². The summed E-state index contributed by atoms with van der Waals surface area (Å²) in [6, 6.07) is 12.1. The Morgan fingerprint density at radius 3 is 2.45 bits per heavy atom. The number of benzene rings is 2. The SMILES string of the molecule is C[C@@H](NC(=O)Oc1ccc([N+](=O)[O-])cc1)c1ccccc1Cl. The topological polar surface area (TPSA) is 81.5 Å². The Labute approximate surface area is 131 Å². The normalized spacial score (nSPS) is 11.5. The molecule has 0 saturated heterocycles. The summed E-state index contributed by atoms with van der Waals surface area (Å²) in [4.78, 5) is 21.8. The Morgan fingerprint density at radius 2 is 1.86 bits per heavy atom. The Balaban J connectivity index is 1.98. The molecule has 0 unspecified atom stereocenters. The molecule has 6 nitrogen and oxygen atoms in total. The van der Waals surface area contributed by atoms with Gasteiger partial charge in [0, 0.05) is 17.2 Å². The minimum atomic E-state index is -0.665. The van der Waals surface area contributed by atoms with Crippen LogP contribution in [0, 0.1) is 10.1 Å². The van der Waals surface area contributed by atoms with Crippen LogP contribution in [-0.2, 0) is 0 Å². The lowest BCUT2D eigenvalue weighted by Gasteiger charge is -2.15. The monoisotopic (exact) mass is 320 g/mol. The fourth-order valence-electron chi connectivity index (χ4n) is 1.85. The molecule has 0 aliphatic rings. The number of hydrogen-bond acceptors (Lipinski definition) is 4. The fraction of sp³-hybridized carbons (Fsp3) is 0.133. The van der Waals surface area contributed by atoms with E-state index in [1.54, 1.807) is 25.1 Å². The number of carbonyl (C=O) groups is 1. The van der Waals surface area contributed by atoms with E-state index in [1.165, 1.54) is 24.3 Å². The maximum atomic E-state index is 11.8. The van der Waals surface area contributed by atoms with Gasteiger partial charge in [0.15, 0.2) is 0 Å². The second kappa shape index (κ2) is 6.91. The highest BCUT2D eigenvalue weighted by Crippen LogP contribution is 2.22. The third-order valence-electron chi connectivity index (χ3n) is 2.96. The van der Waals surface area contributed by atoms with E-state index in [9.17, 15) is 14.9 Å². The Kier molecular flexibility index (Phi) is 4.95. The largest absolute Gasteiger partial charge is 0.413 e. The minimum Gasteiger partial charge on any atom is -0.410 e. The van der Waals surface area contributed by atoms with Gasteiger partial charge in [-0.15, -0.1) is 0 Å². The molecule has 2 aromatic carbocycles. The third kappa shape index (κ3) is 3.95. The number of nitro benzene ring substituents is 1. The molecule has 0 aliphatic heterocycles. The number of rotatable bonds is 4. The highest BCUT2D eigenvalue weighted by Gasteiger charge is 2.14. The quantitative estimate of drug-likeness (QED) is 0.679. The first-order valence-corrected chi connectivity index (χ1v) is 6.82. The lowest BCUT2D eigenvalue weighted by molar-refractivity contribution is -0.384. The first kappa shape index (κ1) is 15.8. The van der Waals surface area contributed by atoms with Crippen molar-refractivity contribution < 1.29 is 14.5 Å². The molecule has 0 aromatic heterocycles. The summed E-state index contributed by atoms with van der Waals surface area (Å²) in [6.07, 6.45) is -0.665. The molecule has 114 valence electrons. The van der Waals surface area contributed by atoms with Crippen LogP contribution in [0.1, 0.15) is 18.5 Å². The Bertz CT molecular complexity index is 688. The molecule has 0 saturated carbocycles. The Morgan fingerprint density at radius 1 is 1.23 bits per heavy atom. The van der Waals surface area contributed by atoms with Gasteiger partial charge in [-0.05, 0) is 30.7 Å². The van der Waals surface area contributed by atoms with Gasteiger partial charge in [0.05, 0.1) is 11.0 Å². The highest BCUT2D eigenvalue weighted by molar-refractivity contribution is 6.31. The van der Waals surface area contributed by atoms with Crippen molar-refractivity contribution in [3.63, 3.8) is 0 Å². The van der Waals surface area contributed by atoms with Crippen LogP contribution in [0.2, 0.25) is 5.02 Å². The van der Waals surface area contributed by atoms with Gasteiger partial charge in [-0.1, -0.05) is 29.8 Å². The molecular weight excluding hydrogens is 308 g/mol. The zero-order valence-electron chi connectivity index (χ0n) is 11.7. The Hall–Kier alpha value is -2.60. The number of nitrogens with zero attached hydrogens (tertiary/aromatic N) is 1. The number of carbonyl (C=O) groups excluding carboxylic acids is 1. The van der Waals surface area contributed by atoms with Gasteiger partial charge in [0.25, 0.3) is 5.69 Å². The maximum absolute atomic E-state index is 11.8. The summed E-state index contributed by atoms with van der Waals surface area (Å²) >= 11 is 6.05. The summed E-state index contributed by atoms with van der Waals surface area (Å²) in [7, 11) is 0. The van der Waals surface area contributed by atoms with Gasteiger partial charge in [-0.3, -0.25) is 10.1 Å². The van der Waals surface area contributed by atoms with Crippen molar-refractivity contribution >= 4 is 23.4 Å². The first-order valence-electron chi connectivity index (χ1n) is 6.44. The van der Waals surface area contributed by atoms with E-state index in [-0.39, 0.29) is 17.5 Å². The van der Waals surface area contributed by atoms with Crippen LogP contribution in [0.15, 0.2) is 48.5 Å². The molecule has 0 spiro atoms. The molecule has 22 heavy (non-hydrogen) atoms. The molecule has 1 amide bonds. The van der Waals surface area contributed by atoms with E-state index >= 15 is 0 Å². The van der Waals surface area contributed by atoms with Crippen LogP contribution in [0.5, 0.6) is 5.75 Å². The molecule has 0 aliphatic carbocycles. The van der Waals surface area contributed by atoms with E-state index < -0.39 is 11.0 Å². The smallest absolute Gasteiger partial charge is 0.410 e. The molecule has 7 heteroatoms. The van der Waals surface area contributed by atoms with Crippen LogP contribution in [0.3, 0.4) is 0 Å². The lowest BCUT2D eigenvalue weighted by Crippen LogP contribution is -2.29. The van der Waals surface area contributed by atoms with Crippen molar-refractivity contribution in [3.05, 3.63) is 69.2 Å². The predicted molar refractivity (Wildman–Crippen MR) is 82.1 cm³/mol. The predicted octanol–water partition coefficient (Wildman–Crippen LogP) is 4.10. The van der Waals surface area contributed by atoms with E-state index in [4.69, 9.17) is 16.3 Å².